The van der Waals surface area contributed by atoms with Gasteiger partial charge in [-0.05, 0) is 39.3 Å². The van der Waals surface area contributed by atoms with Gasteiger partial charge in [0.1, 0.15) is 16.4 Å². The van der Waals surface area contributed by atoms with E-state index in [2.05, 4.69) is 4.98 Å². The van der Waals surface area contributed by atoms with Crippen molar-refractivity contribution in [3.05, 3.63) is 52.2 Å². The van der Waals surface area contributed by atoms with E-state index < -0.39 is 17.5 Å². The molecule has 2 rings (SSSR count). The second kappa shape index (κ2) is 7.74. The van der Waals surface area contributed by atoms with Crippen LogP contribution in [0.2, 0.25) is 5.02 Å². The van der Waals surface area contributed by atoms with Crippen molar-refractivity contribution < 1.29 is 19.1 Å². The van der Waals surface area contributed by atoms with Gasteiger partial charge < -0.3 is 15.2 Å². The topological polar surface area (TPSA) is 91.5 Å². The van der Waals surface area contributed by atoms with Gasteiger partial charge in [-0.25, -0.2) is 9.78 Å². The fourth-order valence-corrected chi connectivity index (χ4v) is 2.44. The summed E-state index contributed by atoms with van der Waals surface area (Å²) >= 11 is 6.22. The van der Waals surface area contributed by atoms with Crippen LogP contribution in [-0.4, -0.2) is 22.5 Å². The second-order valence-corrected chi connectivity index (χ2v) is 7.23. The van der Waals surface area contributed by atoms with Crippen LogP contribution >= 0.6 is 11.6 Å². The first-order valence-electron chi connectivity index (χ1n) is 8.00. The van der Waals surface area contributed by atoms with Crippen LogP contribution in [0.25, 0.3) is 0 Å². The minimum absolute atomic E-state index is 0.0324. The van der Waals surface area contributed by atoms with Crippen molar-refractivity contribution in [3.8, 4) is 11.6 Å². The number of hydrogen-bond donors (Lipinski definition) is 1. The Kier molecular flexibility index (Phi) is 5.87. The molecule has 0 bridgehead atoms. The molecule has 1 amide bonds. The van der Waals surface area contributed by atoms with Crippen molar-refractivity contribution >= 4 is 23.5 Å². The van der Waals surface area contributed by atoms with Gasteiger partial charge in [0.05, 0.1) is 12.0 Å². The zero-order valence-corrected chi connectivity index (χ0v) is 15.9. The van der Waals surface area contributed by atoms with Crippen LogP contribution in [0.15, 0.2) is 30.5 Å². The molecule has 2 N–H and O–H groups in total. The average Bonchev–Trinajstić information content (AvgIpc) is 2.50. The maximum absolute atomic E-state index is 12.1. The number of carbonyl (C=O) groups is 2. The number of hydrogen-bond acceptors (Lipinski definition) is 5. The van der Waals surface area contributed by atoms with Crippen molar-refractivity contribution in [2.45, 2.75) is 39.7 Å². The van der Waals surface area contributed by atoms with E-state index in [0.717, 1.165) is 5.56 Å². The van der Waals surface area contributed by atoms with Crippen LogP contribution in [0.4, 0.5) is 0 Å². The van der Waals surface area contributed by atoms with E-state index in [1.807, 2.05) is 13.0 Å². The number of primary amides is 1. The van der Waals surface area contributed by atoms with Gasteiger partial charge in [-0.2, -0.15) is 0 Å². The molecule has 138 valence electrons. The summed E-state index contributed by atoms with van der Waals surface area (Å²) < 4.78 is 11.1. The standard InChI is InChI=1S/C19H21ClN2O4/c1-11-6-5-7-12(9-15(21)23)16(11)25-17-14(20)8-13(10-22-17)18(24)26-19(2,3)4/h5-8,10H,9H2,1-4H3,(H2,21,23). The Labute approximate surface area is 157 Å². The minimum atomic E-state index is -0.621. The number of amides is 1. The summed E-state index contributed by atoms with van der Waals surface area (Å²) in [6.07, 6.45) is 1.37. The number of ether oxygens (including phenoxy) is 2. The highest BCUT2D eigenvalue weighted by atomic mass is 35.5. The Morgan fingerprint density at radius 1 is 1.27 bits per heavy atom. The zero-order chi connectivity index (χ0) is 19.5. The van der Waals surface area contributed by atoms with Crippen LogP contribution < -0.4 is 10.5 Å². The lowest BCUT2D eigenvalue weighted by molar-refractivity contribution is -0.117. The lowest BCUT2D eigenvalue weighted by Crippen LogP contribution is -2.24. The van der Waals surface area contributed by atoms with E-state index in [9.17, 15) is 9.59 Å². The molecule has 0 saturated heterocycles. The summed E-state index contributed by atoms with van der Waals surface area (Å²) in [6.45, 7) is 7.16. The third kappa shape index (κ3) is 5.20. The molecule has 1 heterocycles. The van der Waals surface area contributed by atoms with Crippen molar-refractivity contribution in [1.29, 1.82) is 0 Å². The smallest absolute Gasteiger partial charge is 0.340 e. The first-order valence-corrected chi connectivity index (χ1v) is 8.38. The zero-order valence-electron chi connectivity index (χ0n) is 15.1. The Bertz CT molecular complexity index is 844. The first kappa shape index (κ1) is 19.7. The van der Waals surface area contributed by atoms with Crippen LogP contribution in [0.3, 0.4) is 0 Å². The Hall–Kier alpha value is -2.60. The number of nitrogens with two attached hydrogens (primary N) is 1. The number of benzene rings is 1. The third-order valence-electron chi connectivity index (χ3n) is 3.30. The molecule has 0 fully saturated rings. The Morgan fingerprint density at radius 2 is 1.96 bits per heavy atom. The highest BCUT2D eigenvalue weighted by molar-refractivity contribution is 6.32. The number of halogens is 1. The van der Waals surface area contributed by atoms with Crippen molar-refractivity contribution in [2.24, 2.45) is 5.73 Å². The largest absolute Gasteiger partial charge is 0.456 e. The molecular formula is C19H21ClN2O4. The fourth-order valence-electron chi connectivity index (χ4n) is 2.23. The SMILES string of the molecule is Cc1cccc(CC(N)=O)c1Oc1ncc(C(=O)OC(C)(C)C)cc1Cl. The van der Waals surface area contributed by atoms with Gasteiger partial charge in [0, 0.05) is 11.8 Å². The molecule has 1 aromatic heterocycles. The number of rotatable bonds is 5. The van der Waals surface area contributed by atoms with Gasteiger partial charge in [0.15, 0.2) is 0 Å². The molecule has 2 aromatic rings. The predicted molar refractivity (Wildman–Crippen MR) is 98.6 cm³/mol. The van der Waals surface area contributed by atoms with Crippen LogP contribution in [0.5, 0.6) is 11.6 Å². The van der Waals surface area contributed by atoms with Gasteiger partial charge in [0.25, 0.3) is 0 Å². The molecule has 0 aliphatic carbocycles. The number of pyridine rings is 1. The van der Waals surface area contributed by atoms with Gasteiger partial charge in [-0.15, -0.1) is 0 Å². The summed E-state index contributed by atoms with van der Waals surface area (Å²) in [4.78, 5) is 27.5. The number of carbonyl (C=O) groups excluding carboxylic acids is 2. The number of para-hydroxylation sites is 1. The molecule has 0 aliphatic rings. The van der Waals surface area contributed by atoms with Gasteiger partial charge in [-0.1, -0.05) is 29.8 Å². The predicted octanol–water partition coefficient (Wildman–Crippen LogP) is 3.82. The van der Waals surface area contributed by atoms with Crippen molar-refractivity contribution in [2.75, 3.05) is 0 Å². The fraction of sp³-hybridized carbons (Fsp3) is 0.316. The second-order valence-electron chi connectivity index (χ2n) is 6.82. The highest BCUT2D eigenvalue weighted by Crippen LogP contribution is 2.32. The molecule has 0 atom stereocenters. The molecule has 0 saturated carbocycles. The molecule has 0 radical (unpaired) electrons. The van der Waals surface area contributed by atoms with Gasteiger partial charge in [-0.3, -0.25) is 4.79 Å². The number of aromatic nitrogens is 1. The molecular weight excluding hydrogens is 356 g/mol. The van der Waals surface area contributed by atoms with E-state index in [-0.39, 0.29) is 22.9 Å². The number of nitrogens with zero attached hydrogens (tertiary/aromatic N) is 1. The van der Waals surface area contributed by atoms with E-state index in [1.54, 1.807) is 32.9 Å². The molecule has 7 heteroatoms. The summed E-state index contributed by atoms with van der Waals surface area (Å²) in [7, 11) is 0. The minimum Gasteiger partial charge on any atom is -0.456 e. The molecule has 1 aromatic carbocycles. The van der Waals surface area contributed by atoms with Crippen molar-refractivity contribution in [3.63, 3.8) is 0 Å². The van der Waals surface area contributed by atoms with Gasteiger partial charge in [0.2, 0.25) is 11.8 Å². The average molecular weight is 377 g/mol. The summed E-state index contributed by atoms with van der Waals surface area (Å²) in [6, 6.07) is 6.82. The number of esters is 1. The maximum Gasteiger partial charge on any atom is 0.340 e. The lowest BCUT2D eigenvalue weighted by Gasteiger charge is -2.19. The van der Waals surface area contributed by atoms with Crippen molar-refractivity contribution in [1.82, 2.24) is 4.98 Å². The normalized spacial score (nSPS) is 11.1. The van der Waals surface area contributed by atoms with E-state index >= 15 is 0 Å². The Morgan fingerprint density at radius 3 is 2.54 bits per heavy atom. The summed E-state index contributed by atoms with van der Waals surface area (Å²) in [5.74, 6) is -0.409. The monoisotopic (exact) mass is 376 g/mol. The molecule has 6 nitrogen and oxygen atoms in total. The maximum atomic E-state index is 12.1. The number of aryl methyl sites for hydroxylation is 1. The van der Waals surface area contributed by atoms with E-state index in [4.69, 9.17) is 26.8 Å². The molecule has 0 aliphatic heterocycles. The van der Waals surface area contributed by atoms with Gasteiger partial charge >= 0.3 is 5.97 Å². The van der Waals surface area contributed by atoms with E-state index in [1.165, 1.54) is 12.3 Å². The quantitative estimate of drug-likeness (QED) is 0.801. The van der Waals surface area contributed by atoms with E-state index in [0.29, 0.717) is 11.3 Å². The lowest BCUT2D eigenvalue weighted by atomic mass is 10.1. The van der Waals surface area contributed by atoms with Crippen LogP contribution in [0.1, 0.15) is 42.3 Å². The Balaban J connectivity index is 2.29. The summed E-state index contributed by atoms with van der Waals surface area (Å²) in [5, 5.41) is 0.154. The van der Waals surface area contributed by atoms with Crippen LogP contribution in [0, 0.1) is 6.92 Å². The molecule has 0 spiro atoms. The molecule has 0 unspecified atom stereocenters. The highest BCUT2D eigenvalue weighted by Gasteiger charge is 2.20. The molecule has 26 heavy (non-hydrogen) atoms. The third-order valence-corrected chi connectivity index (χ3v) is 3.57. The van der Waals surface area contributed by atoms with Crippen LogP contribution in [-0.2, 0) is 16.0 Å². The summed E-state index contributed by atoms with van der Waals surface area (Å²) in [5.41, 5.74) is 6.32. The first-order chi connectivity index (χ1) is 12.1.